The number of carbonyl (C=O) groups excluding carboxylic acids is 1. The summed E-state index contributed by atoms with van der Waals surface area (Å²) in [5, 5.41) is 8.19. The number of Topliss-reactive ketones (excluding diaryl/α,β-unsaturated/α-hetero) is 1. The number of nitrogens with zero attached hydrogens (tertiary/aromatic N) is 3. The van der Waals surface area contributed by atoms with Crippen LogP contribution in [0.4, 0.5) is 0 Å². The Labute approximate surface area is 93.4 Å². The van der Waals surface area contributed by atoms with Crippen LogP contribution >= 0.6 is 0 Å². The van der Waals surface area contributed by atoms with Crippen LogP contribution in [0.15, 0.2) is 18.7 Å². The predicted octanol–water partition coefficient (Wildman–Crippen LogP) is -2.31. The maximum Gasteiger partial charge on any atom is 1.00 e. The van der Waals surface area contributed by atoms with Crippen LogP contribution in [0.5, 0.6) is 0 Å². The van der Waals surface area contributed by atoms with E-state index in [-0.39, 0.29) is 43.2 Å². The molecular formula is C7H6N3NaO. The summed E-state index contributed by atoms with van der Waals surface area (Å²) in [7, 11) is 0. The Hall–Kier alpha value is -0.760. The number of nitriles is 1. The first-order valence-electron chi connectivity index (χ1n) is 2.99. The third-order valence-electron chi connectivity index (χ3n) is 1.12. The van der Waals surface area contributed by atoms with Gasteiger partial charge in [0, 0.05) is 12.4 Å². The minimum atomic E-state index is -0.242. The van der Waals surface area contributed by atoms with E-state index in [1.54, 1.807) is 6.07 Å². The molecule has 0 amide bonds. The molecule has 0 saturated heterocycles. The monoisotopic (exact) mass is 171 g/mol. The van der Waals surface area contributed by atoms with Crippen LogP contribution < -0.4 is 29.6 Å². The van der Waals surface area contributed by atoms with Crippen LogP contribution in [0.2, 0.25) is 0 Å². The van der Waals surface area contributed by atoms with Gasteiger partial charge in [-0.05, 0) is 0 Å². The van der Waals surface area contributed by atoms with Gasteiger partial charge in [-0.15, -0.1) is 0 Å². The van der Waals surface area contributed by atoms with Crippen LogP contribution in [0.3, 0.4) is 0 Å². The zero-order valence-corrected chi connectivity index (χ0v) is 8.69. The molecule has 1 heterocycles. The summed E-state index contributed by atoms with van der Waals surface area (Å²) < 4.78 is 0. The van der Waals surface area contributed by atoms with E-state index < -0.39 is 0 Å². The maximum absolute atomic E-state index is 10.9. The molecule has 0 spiro atoms. The standard InChI is InChI=1S/C7H5N3O.Na.H/c8-2-1-7(11)6-3-9-5-10-4-6;;/h3-5H,1H2;;/q;+1;-1. The molecule has 0 aliphatic rings. The number of rotatable bonds is 2. The second kappa shape index (κ2) is 5.84. The van der Waals surface area contributed by atoms with Crippen LogP contribution in [-0.4, -0.2) is 15.8 Å². The third-order valence-corrected chi connectivity index (χ3v) is 1.12. The fraction of sp³-hybridized carbons (Fsp3) is 0.143. The van der Waals surface area contributed by atoms with Gasteiger partial charge in [0.15, 0.2) is 5.78 Å². The van der Waals surface area contributed by atoms with Crippen LogP contribution in [0, 0.1) is 11.3 Å². The molecule has 0 unspecified atom stereocenters. The molecule has 0 radical (unpaired) electrons. The first-order chi connectivity index (χ1) is 5.34. The summed E-state index contributed by atoms with van der Waals surface area (Å²) in [5.74, 6) is -0.242. The number of ketones is 1. The Kier molecular flexibility index (Phi) is 5.47. The molecule has 0 atom stereocenters. The van der Waals surface area contributed by atoms with Gasteiger partial charge in [-0.1, -0.05) is 0 Å². The van der Waals surface area contributed by atoms with Crippen LogP contribution in [-0.2, 0) is 0 Å². The van der Waals surface area contributed by atoms with Crippen molar-refractivity contribution in [2.45, 2.75) is 6.42 Å². The van der Waals surface area contributed by atoms with Gasteiger partial charge in [-0.2, -0.15) is 5.26 Å². The molecule has 0 N–H and O–H groups in total. The van der Waals surface area contributed by atoms with Crippen molar-refractivity contribution in [3.05, 3.63) is 24.3 Å². The molecule has 0 fully saturated rings. The first-order valence-corrected chi connectivity index (χ1v) is 2.99. The van der Waals surface area contributed by atoms with Crippen molar-refractivity contribution in [1.82, 2.24) is 9.97 Å². The summed E-state index contributed by atoms with van der Waals surface area (Å²) in [6.07, 6.45) is 4.01. The Morgan fingerprint density at radius 1 is 1.58 bits per heavy atom. The smallest absolute Gasteiger partial charge is 1.00 e. The van der Waals surface area contributed by atoms with Gasteiger partial charge in [-0.3, -0.25) is 4.79 Å². The van der Waals surface area contributed by atoms with Crippen molar-refractivity contribution in [2.75, 3.05) is 0 Å². The van der Waals surface area contributed by atoms with E-state index in [9.17, 15) is 4.79 Å². The van der Waals surface area contributed by atoms with Crippen molar-refractivity contribution < 1.29 is 35.8 Å². The van der Waals surface area contributed by atoms with Gasteiger partial charge in [0.1, 0.15) is 6.33 Å². The third kappa shape index (κ3) is 3.09. The maximum atomic E-state index is 10.9. The van der Waals surface area contributed by atoms with E-state index in [0.717, 1.165) is 0 Å². The second-order valence-corrected chi connectivity index (χ2v) is 1.89. The zero-order chi connectivity index (χ0) is 8.10. The Bertz CT molecular complexity index is 298. The topological polar surface area (TPSA) is 66.6 Å². The molecule has 1 aromatic heterocycles. The number of hydrogen-bond acceptors (Lipinski definition) is 4. The molecule has 0 aliphatic carbocycles. The van der Waals surface area contributed by atoms with E-state index >= 15 is 0 Å². The van der Waals surface area contributed by atoms with Crippen LogP contribution in [0.25, 0.3) is 0 Å². The average molecular weight is 171 g/mol. The first kappa shape index (κ1) is 11.2. The van der Waals surface area contributed by atoms with Gasteiger partial charge in [-0.25, -0.2) is 9.97 Å². The molecule has 0 bridgehead atoms. The second-order valence-electron chi connectivity index (χ2n) is 1.89. The predicted molar refractivity (Wildman–Crippen MR) is 37.7 cm³/mol. The van der Waals surface area contributed by atoms with Gasteiger partial charge in [0.2, 0.25) is 0 Å². The molecule has 5 heteroatoms. The molecule has 0 aromatic carbocycles. The number of aromatic nitrogens is 2. The summed E-state index contributed by atoms with van der Waals surface area (Å²) >= 11 is 0. The summed E-state index contributed by atoms with van der Waals surface area (Å²) in [4.78, 5) is 18.2. The van der Waals surface area contributed by atoms with E-state index in [2.05, 4.69) is 9.97 Å². The van der Waals surface area contributed by atoms with Crippen molar-refractivity contribution in [3.8, 4) is 6.07 Å². The minimum Gasteiger partial charge on any atom is -1.00 e. The summed E-state index contributed by atoms with van der Waals surface area (Å²) in [5.41, 5.74) is 0.383. The van der Waals surface area contributed by atoms with Gasteiger partial charge in [0.25, 0.3) is 0 Å². The molecule has 12 heavy (non-hydrogen) atoms. The van der Waals surface area contributed by atoms with Crippen LogP contribution in [0.1, 0.15) is 18.2 Å². The molecule has 56 valence electrons. The number of carbonyl (C=O) groups is 1. The molecule has 1 aromatic rings. The molecule has 4 nitrogen and oxygen atoms in total. The molecule has 0 saturated carbocycles. The summed E-state index contributed by atoms with van der Waals surface area (Å²) in [6, 6.07) is 1.76. The Morgan fingerprint density at radius 2 is 2.17 bits per heavy atom. The fourth-order valence-electron chi connectivity index (χ4n) is 0.617. The van der Waals surface area contributed by atoms with Gasteiger partial charge < -0.3 is 1.43 Å². The molecular weight excluding hydrogens is 165 g/mol. The van der Waals surface area contributed by atoms with Crippen molar-refractivity contribution in [2.24, 2.45) is 0 Å². The largest absolute Gasteiger partial charge is 1.00 e. The normalized spacial score (nSPS) is 7.92. The van der Waals surface area contributed by atoms with E-state index in [0.29, 0.717) is 5.56 Å². The minimum absolute atomic E-state index is 0. The van der Waals surface area contributed by atoms with Crippen molar-refractivity contribution in [3.63, 3.8) is 0 Å². The van der Waals surface area contributed by atoms with E-state index in [1.807, 2.05) is 0 Å². The SMILES string of the molecule is N#CCC(=O)c1cncnc1.[H-].[Na+]. The van der Waals surface area contributed by atoms with E-state index in [1.165, 1.54) is 18.7 Å². The van der Waals surface area contributed by atoms with Gasteiger partial charge >= 0.3 is 29.6 Å². The van der Waals surface area contributed by atoms with Crippen molar-refractivity contribution >= 4 is 5.78 Å². The molecule has 0 aliphatic heterocycles. The van der Waals surface area contributed by atoms with Gasteiger partial charge in [0.05, 0.1) is 18.1 Å². The van der Waals surface area contributed by atoms with E-state index in [4.69, 9.17) is 5.26 Å². The number of hydrogen-bond donors (Lipinski definition) is 0. The Balaban J connectivity index is 0. The quantitative estimate of drug-likeness (QED) is 0.370. The Morgan fingerprint density at radius 3 is 2.67 bits per heavy atom. The van der Waals surface area contributed by atoms with Crippen molar-refractivity contribution in [1.29, 1.82) is 5.26 Å². The fourth-order valence-corrected chi connectivity index (χ4v) is 0.617. The summed E-state index contributed by atoms with van der Waals surface area (Å²) in [6.45, 7) is 0. The molecule has 1 rings (SSSR count). The zero-order valence-electron chi connectivity index (χ0n) is 7.69. The average Bonchev–Trinajstić information content (AvgIpc) is 2.07.